The lowest BCUT2D eigenvalue weighted by atomic mass is 10.0. The molecule has 0 radical (unpaired) electrons. The minimum Gasteiger partial charge on any atom is -0.381 e. The smallest absolute Gasteiger partial charge is 0.226 e. The zero-order valence-electron chi connectivity index (χ0n) is 16.0. The van der Waals surface area contributed by atoms with Gasteiger partial charge in [-0.1, -0.05) is 47.6 Å². The normalized spacial score (nSPS) is 16.5. The van der Waals surface area contributed by atoms with E-state index >= 15 is 0 Å². The molecule has 5 nitrogen and oxygen atoms in total. The molecule has 1 atom stereocenters. The van der Waals surface area contributed by atoms with Gasteiger partial charge in [0.05, 0.1) is 18.7 Å². The Hall–Kier alpha value is -2.66. The van der Waals surface area contributed by atoms with Gasteiger partial charge < -0.3 is 14.6 Å². The van der Waals surface area contributed by atoms with E-state index in [4.69, 9.17) is 9.26 Å². The van der Waals surface area contributed by atoms with Crippen LogP contribution in [0, 0.1) is 5.92 Å². The van der Waals surface area contributed by atoms with Crippen molar-refractivity contribution in [3.05, 3.63) is 65.5 Å². The van der Waals surface area contributed by atoms with Crippen LogP contribution in [0.2, 0.25) is 0 Å². The van der Waals surface area contributed by atoms with E-state index in [2.05, 4.69) is 52.9 Å². The molecule has 2 heterocycles. The summed E-state index contributed by atoms with van der Waals surface area (Å²) < 4.78 is 10.7. The number of benzene rings is 2. The molecule has 1 N–H and O–H groups in total. The molecule has 1 aromatic heterocycles. The number of ether oxygens (including phenoxy) is 1. The van der Waals surface area contributed by atoms with Gasteiger partial charge in [-0.2, -0.15) is 0 Å². The number of hydrogen-bond acceptors (Lipinski definition) is 4. The van der Waals surface area contributed by atoms with Crippen molar-refractivity contribution in [1.82, 2.24) is 10.5 Å². The highest BCUT2D eigenvalue weighted by molar-refractivity contribution is 5.83. The van der Waals surface area contributed by atoms with E-state index in [0.29, 0.717) is 18.2 Å². The lowest BCUT2D eigenvalue weighted by molar-refractivity contribution is -0.120. The Morgan fingerprint density at radius 1 is 1.11 bits per heavy atom. The highest BCUT2D eigenvalue weighted by Crippen LogP contribution is 2.17. The summed E-state index contributed by atoms with van der Waals surface area (Å²) in [6.07, 6.45) is 4.08. The van der Waals surface area contributed by atoms with Crippen LogP contribution in [0.15, 0.2) is 53.1 Å². The lowest BCUT2D eigenvalue weighted by Crippen LogP contribution is -2.30. The van der Waals surface area contributed by atoms with Crippen molar-refractivity contribution in [2.24, 2.45) is 5.92 Å². The number of aryl methyl sites for hydroxylation is 2. The first-order valence-electron chi connectivity index (χ1n) is 10.0. The maximum atomic E-state index is 12.1. The molecule has 1 saturated heterocycles. The fourth-order valence-corrected chi connectivity index (χ4v) is 3.65. The molecule has 1 aliphatic heterocycles. The molecule has 3 aromatic rings. The molecule has 0 aliphatic carbocycles. The minimum atomic E-state index is -0.0112. The maximum absolute atomic E-state index is 12.1. The molecule has 0 spiro atoms. The zero-order chi connectivity index (χ0) is 19.2. The molecule has 1 amide bonds. The van der Waals surface area contributed by atoms with Crippen LogP contribution >= 0.6 is 0 Å². The minimum absolute atomic E-state index is 0.0112. The molecule has 28 heavy (non-hydrogen) atoms. The Bertz CT molecular complexity index is 928. The Morgan fingerprint density at radius 3 is 2.86 bits per heavy atom. The summed E-state index contributed by atoms with van der Waals surface area (Å²) in [5.74, 6) is 1.27. The van der Waals surface area contributed by atoms with Gasteiger partial charge in [-0.15, -0.1) is 0 Å². The first kappa shape index (κ1) is 18.7. The van der Waals surface area contributed by atoms with Crippen molar-refractivity contribution in [2.75, 3.05) is 19.8 Å². The highest BCUT2D eigenvalue weighted by Gasteiger charge is 2.17. The van der Waals surface area contributed by atoms with Gasteiger partial charge in [0.15, 0.2) is 0 Å². The Kier molecular flexibility index (Phi) is 6.02. The van der Waals surface area contributed by atoms with Crippen LogP contribution in [0.4, 0.5) is 0 Å². The monoisotopic (exact) mass is 378 g/mol. The van der Waals surface area contributed by atoms with E-state index < -0.39 is 0 Å². The Labute approximate surface area is 165 Å². The van der Waals surface area contributed by atoms with Gasteiger partial charge in [-0.05, 0) is 35.6 Å². The number of amides is 1. The SMILES string of the molecule is O=C(Cc1cc(CCCc2ccc3ccccc3c2)on1)NCC1CCOC1. The third-order valence-electron chi connectivity index (χ3n) is 5.26. The third-order valence-corrected chi connectivity index (χ3v) is 5.26. The number of nitrogens with zero attached hydrogens (tertiary/aromatic N) is 1. The molecule has 1 unspecified atom stereocenters. The zero-order valence-corrected chi connectivity index (χ0v) is 16.0. The second kappa shape index (κ2) is 9.02. The molecule has 5 heteroatoms. The number of fused-ring (bicyclic) bond motifs is 1. The quantitative estimate of drug-likeness (QED) is 0.649. The fraction of sp³-hybridized carbons (Fsp3) is 0.391. The second-order valence-electron chi connectivity index (χ2n) is 7.53. The molecule has 0 bridgehead atoms. The highest BCUT2D eigenvalue weighted by atomic mass is 16.5. The van der Waals surface area contributed by atoms with Gasteiger partial charge in [-0.3, -0.25) is 4.79 Å². The van der Waals surface area contributed by atoms with E-state index in [0.717, 1.165) is 44.7 Å². The molecule has 0 saturated carbocycles. The van der Waals surface area contributed by atoms with E-state index in [1.807, 2.05) is 6.07 Å². The number of carbonyl (C=O) groups excluding carboxylic acids is 1. The van der Waals surface area contributed by atoms with Gasteiger partial charge in [0.2, 0.25) is 5.91 Å². The van der Waals surface area contributed by atoms with Crippen LogP contribution in [0.25, 0.3) is 10.8 Å². The maximum Gasteiger partial charge on any atom is 0.226 e. The molecule has 1 fully saturated rings. The first-order valence-corrected chi connectivity index (χ1v) is 10.0. The van der Waals surface area contributed by atoms with Crippen molar-refractivity contribution in [1.29, 1.82) is 0 Å². The van der Waals surface area contributed by atoms with Gasteiger partial charge in [-0.25, -0.2) is 0 Å². The Balaban J connectivity index is 1.22. The number of carbonyl (C=O) groups is 1. The first-order chi connectivity index (χ1) is 13.8. The van der Waals surface area contributed by atoms with Gasteiger partial charge >= 0.3 is 0 Å². The number of hydrogen-bond donors (Lipinski definition) is 1. The summed E-state index contributed by atoms with van der Waals surface area (Å²) >= 11 is 0. The fourth-order valence-electron chi connectivity index (χ4n) is 3.65. The predicted octanol–water partition coefficient (Wildman–Crippen LogP) is 3.70. The van der Waals surface area contributed by atoms with Crippen molar-refractivity contribution in [3.63, 3.8) is 0 Å². The summed E-state index contributed by atoms with van der Waals surface area (Å²) in [5.41, 5.74) is 2.02. The molecule has 1 aliphatic rings. The van der Waals surface area contributed by atoms with Crippen LogP contribution in [0.3, 0.4) is 0 Å². The van der Waals surface area contributed by atoms with E-state index in [1.165, 1.54) is 16.3 Å². The summed E-state index contributed by atoms with van der Waals surface area (Å²) in [6, 6.07) is 16.9. The molecule has 4 rings (SSSR count). The summed E-state index contributed by atoms with van der Waals surface area (Å²) in [5, 5.41) is 9.55. The van der Waals surface area contributed by atoms with Crippen LogP contribution in [-0.4, -0.2) is 30.8 Å². The molecular formula is C23H26N2O3. The average Bonchev–Trinajstić information content (AvgIpc) is 3.38. The van der Waals surface area contributed by atoms with Crippen molar-refractivity contribution >= 4 is 16.7 Å². The van der Waals surface area contributed by atoms with E-state index in [9.17, 15) is 4.79 Å². The van der Waals surface area contributed by atoms with Gasteiger partial charge in [0.1, 0.15) is 5.76 Å². The standard InChI is InChI=1S/C23H26N2O3/c26-23(24-15-18-10-11-27-16-18)14-21-13-22(28-25-21)7-3-4-17-8-9-19-5-1-2-6-20(19)12-17/h1-2,5-6,8-9,12-13,18H,3-4,7,10-11,14-16H2,(H,24,26). The van der Waals surface area contributed by atoms with Crippen LogP contribution in [-0.2, 0) is 28.8 Å². The second-order valence-corrected chi connectivity index (χ2v) is 7.53. The van der Waals surface area contributed by atoms with E-state index in [-0.39, 0.29) is 12.3 Å². The lowest BCUT2D eigenvalue weighted by Gasteiger charge is -2.08. The molecular weight excluding hydrogens is 352 g/mol. The Morgan fingerprint density at radius 2 is 2.00 bits per heavy atom. The van der Waals surface area contributed by atoms with Gasteiger partial charge in [0, 0.05) is 31.6 Å². The van der Waals surface area contributed by atoms with Crippen LogP contribution < -0.4 is 5.32 Å². The van der Waals surface area contributed by atoms with Crippen molar-refractivity contribution in [2.45, 2.75) is 32.1 Å². The van der Waals surface area contributed by atoms with Gasteiger partial charge in [0.25, 0.3) is 0 Å². The number of nitrogens with one attached hydrogen (secondary N) is 1. The summed E-state index contributed by atoms with van der Waals surface area (Å²) in [6.45, 7) is 2.22. The molecule has 146 valence electrons. The number of rotatable bonds is 8. The summed E-state index contributed by atoms with van der Waals surface area (Å²) in [4.78, 5) is 12.1. The van der Waals surface area contributed by atoms with E-state index in [1.54, 1.807) is 0 Å². The predicted molar refractivity (Wildman–Crippen MR) is 108 cm³/mol. The average molecular weight is 378 g/mol. The molecule has 2 aromatic carbocycles. The van der Waals surface area contributed by atoms with Crippen molar-refractivity contribution in [3.8, 4) is 0 Å². The number of aromatic nitrogens is 1. The topological polar surface area (TPSA) is 64.4 Å². The largest absolute Gasteiger partial charge is 0.381 e. The van der Waals surface area contributed by atoms with Crippen LogP contribution in [0.5, 0.6) is 0 Å². The third kappa shape index (κ3) is 4.98. The van der Waals surface area contributed by atoms with Crippen molar-refractivity contribution < 1.29 is 14.1 Å². The summed E-state index contributed by atoms with van der Waals surface area (Å²) in [7, 11) is 0. The van der Waals surface area contributed by atoms with Crippen LogP contribution in [0.1, 0.15) is 29.9 Å².